The lowest BCUT2D eigenvalue weighted by molar-refractivity contribution is 0.404. The van der Waals surface area contributed by atoms with Gasteiger partial charge in [-0.05, 0) is 28.1 Å². The highest BCUT2D eigenvalue weighted by Crippen LogP contribution is 2.27. The van der Waals surface area contributed by atoms with Crippen LogP contribution < -0.4 is 4.74 Å². The number of ether oxygens (including phenoxy) is 1. The van der Waals surface area contributed by atoms with Crippen LogP contribution in [-0.4, -0.2) is 13.2 Å². The summed E-state index contributed by atoms with van der Waals surface area (Å²) in [5, 5.41) is 0. The van der Waals surface area contributed by atoms with E-state index in [-0.39, 0.29) is 12.1 Å². The molecular formula is C9H7BrFNO2. The van der Waals surface area contributed by atoms with Crippen molar-refractivity contribution in [1.29, 1.82) is 0 Å². The van der Waals surface area contributed by atoms with E-state index in [1.807, 2.05) is 0 Å². The second-order valence-electron chi connectivity index (χ2n) is 2.45. The Morgan fingerprint density at radius 2 is 2.36 bits per heavy atom. The highest BCUT2D eigenvalue weighted by atomic mass is 79.9. The van der Waals surface area contributed by atoms with Gasteiger partial charge in [0.25, 0.3) is 0 Å². The van der Waals surface area contributed by atoms with Gasteiger partial charge in [-0.15, -0.1) is 0 Å². The first-order chi connectivity index (χ1) is 6.70. The van der Waals surface area contributed by atoms with Crippen LogP contribution in [0.1, 0.15) is 5.56 Å². The summed E-state index contributed by atoms with van der Waals surface area (Å²) in [6.07, 6.45) is 1.35. The van der Waals surface area contributed by atoms with Gasteiger partial charge in [0.05, 0.1) is 23.7 Å². The summed E-state index contributed by atoms with van der Waals surface area (Å²) in [4.78, 5) is 13.2. The molecule has 0 heterocycles. The van der Waals surface area contributed by atoms with Gasteiger partial charge in [-0.25, -0.2) is 14.2 Å². The number of halogens is 2. The molecule has 0 atom stereocenters. The summed E-state index contributed by atoms with van der Waals surface area (Å²) >= 11 is 3.03. The SMILES string of the molecule is COc1ccc(Br)c(F)c1CN=C=O. The predicted octanol–water partition coefficient (Wildman–Crippen LogP) is 2.43. The predicted molar refractivity (Wildman–Crippen MR) is 52.5 cm³/mol. The average molecular weight is 260 g/mol. The zero-order chi connectivity index (χ0) is 10.6. The molecule has 0 bridgehead atoms. The third-order valence-corrected chi connectivity index (χ3v) is 2.29. The molecule has 0 saturated heterocycles. The Morgan fingerprint density at radius 3 is 2.93 bits per heavy atom. The van der Waals surface area contributed by atoms with Gasteiger partial charge in [0.15, 0.2) is 0 Å². The minimum atomic E-state index is -0.469. The lowest BCUT2D eigenvalue weighted by Gasteiger charge is -2.07. The molecule has 0 radical (unpaired) electrons. The van der Waals surface area contributed by atoms with Crippen LogP contribution in [0.5, 0.6) is 5.75 Å². The molecule has 3 nitrogen and oxygen atoms in total. The van der Waals surface area contributed by atoms with Crippen molar-refractivity contribution in [3.8, 4) is 5.75 Å². The summed E-state index contributed by atoms with van der Waals surface area (Å²) in [5.41, 5.74) is 0.241. The standard InChI is InChI=1S/C9H7BrFNO2/c1-14-8-3-2-7(10)9(11)6(8)4-12-5-13/h2-3H,4H2,1H3. The van der Waals surface area contributed by atoms with E-state index in [1.165, 1.54) is 19.3 Å². The smallest absolute Gasteiger partial charge is 0.235 e. The van der Waals surface area contributed by atoms with Crippen LogP contribution >= 0.6 is 15.9 Å². The van der Waals surface area contributed by atoms with Gasteiger partial charge < -0.3 is 4.74 Å². The van der Waals surface area contributed by atoms with Crippen molar-refractivity contribution in [3.63, 3.8) is 0 Å². The highest BCUT2D eigenvalue weighted by molar-refractivity contribution is 9.10. The van der Waals surface area contributed by atoms with Gasteiger partial charge >= 0.3 is 0 Å². The fourth-order valence-corrected chi connectivity index (χ4v) is 1.40. The lowest BCUT2D eigenvalue weighted by Crippen LogP contribution is -1.95. The van der Waals surface area contributed by atoms with Crippen LogP contribution in [0.25, 0.3) is 0 Å². The number of nitrogens with zero attached hydrogens (tertiary/aromatic N) is 1. The van der Waals surface area contributed by atoms with Crippen molar-refractivity contribution in [2.24, 2.45) is 4.99 Å². The van der Waals surface area contributed by atoms with Crippen LogP contribution in [0.3, 0.4) is 0 Å². The first-order valence-corrected chi connectivity index (χ1v) is 4.54. The monoisotopic (exact) mass is 259 g/mol. The largest absolute Gasteiger partial charge is 0.496 e. The van der Waals surface area contributed by atoms with Crippen molar-refractivity contribution in [3.05, 3.63) is 28.0 Å². The zero-order valence-electron chi connectivity index (χ0n) is 7.38. The Labute approximate surface area is 88.7 Å². The normalized spacial score (nSPS) is 9.36. The maximum absolute atomic E-state index is 13.5. The molecule has 0 aliphatic heterocycles. The quantitative estimate of drug-likeness (QED) is 0.618. The van der Waals surface area contributed by atoms with Gasteiger partial charge in [0.2, 0.25) is 6.08 Å². The minimum Gasteiger partial charge on any atom is -0.496 e. The Hall–Kier alpha value is -1.19. The van der Waals surface area contributed by atoms with Crippen molar-refractivity contribution in [1.82, 2.24) is 0 Å². The number of methoxy groups -OCH3 is 1. The van der Waals surface area contributed by atoms with Crippen LogP contribution in [0.15, 0.2) is 21.6 Å². The van der Waals surface area contributed by atoms with Gasteiger partial charge in [0, 0.05) is 0 Å². The fourth-order valence-electron chi connectivity index (χ4n) is 1.02. The molecule has 0 fully saturated rings. The van der Waals surface area contributed by atoms with Crippen molar-refractivity contribution in [2.45, 2.75) is 6.54 Å². The number of aliphatic imine (C=N–C) groups is 1. The minimum absolute atomic E-state index is 0.0715. The summed E-state index contributed by atoms with van der Waals surface area (Å²) in [6.45, 7) is -0.0715. The number of benzene rings is 1. The number of rotatable bonds is 3. The molecule has 74 valence electrons. The van der Waals surface area contributed by atoms with Crippen LogP contribution in [-0.2, 0) is 11.3 Å². The van der Waals surface area contributed by atoms with Crippen LogP contribution in [0, 0.1) is 5.82 Å². The Bertz CT molecular complexity index is 389. The summed E-state index contributed by atoms with van der Waals surface area (Å²) < 4.78 is 18.7. The van der Waals surface area contributed by atoms with E-state index in [0.717, 1.165) is 0 Å². The molecule has 5 heteroatoms. The topological polar surface area (TPSA) is 38.7 Å². The Balaban J connectivity index is 3.20. The van der Waals surface area contributed by atoms with Gasteiger partial charge in [-0.1, -0.05) is 0 Å². The van der Waals surface area contributed by atoms with Gasteiger partial charge in [-0.3, -0.25) is 0 Å². The molecule has 0 unspecified atom stereocenters. The molecule has 0 N–H and O–H groups in total. The second kappa shape index (κ2) is 4.88. The fraction of sp³-hybridized carbons (Fsp3) is 0.222. The Morgan fingerprint density at radius 1 is 1.64 bits per heavy atom. The molecule has 14 heavy (non-hydrogen) atoms. The molecule has 0 saturated carbocycles. The lowest BCUT2D eigenvalue weighted by atomic mass is 10.2. The van der Waals surface area contributed by atoms with Crippen LogP contribution in [0.4, 0.5) is 4.39 Å². The maximum Gasteiger partial charge on any atom is 0.235 e. The van der Waals surface area contributed by atoms with E-state index < -0.39 is 5.82 Å². The van der Waals surface area contributed by atoms with E-state index in [0.29, 0.717) is 10.2 Å². The molecule has 0 aliphatic rings. The Kier molecular flexibility index (Phi) is 3.80. The molecule has 1 aromatic carbocycles. The van der Waals surface area contributed by atoms with E-state index in [2.05, 4.69) is 20.9 Å². The second-order valence-corrected chi connectivity index (χ2v) is 3.30. The zero-order valence-corrected chi connectivity index (χ0v) is 8.97. The molecule has 0 aliphatic carbocycles. The summed E-state index contributed by atoms with van der Waals surface area (Å²) in [6, 6.07) is 3.13. The van der Waals surface area contributed by atoms with E-state index in [1.54, 1.807) is 6.07 Å². The maximum atomic E-state index is 13.5. The molecule has 1 rings (SSSR count). The third kappa shape index (κ3) is 2.19. The first-order valence-electron chi connectivity index (χ1n) is 3.75. The van der Waals surface area contributed by atoms with E-state index >= 15 is 0 Å². The number of hydrogen-bond acceptors (Lipinski definition) is 3. The highest BCUT2D eigenvalue weighted by Gasteiger charge is 2.11. The molecule has 0 amide bonds. The number of hydrogen-bond donors (Lipinski definition) is 0. The van der Waals surface area contributed by atoms with Gasteiger partial charge in [0.1, 0.15) is 11.6 Å². The number of carbonyl (C=O) groups excluding carboxylic acids is 1. The summed E-state index contributed by atoms with van der Waals surface area (Å²) in [7, 11) is 1.43. The van der Waals surface area contributed by atoms with Crippen molar-refractivity contribution in [2.75, 3.05) is 7.11 Å². The molecule has 0 aromatic heterocycles. The molecular weight excluding hydrogens is 253 g/mol. The summed E-state index contributed by atoms with van der Waals surface area (Å²) in [5.74, 6) is -0.104. The van der Waals surface area contributed by atoms with Crippen LogP contribution in [0.2, 0.25) is 0 Å². The van der Waals surface area contributed by atoms with Crippen molar-refractivity contribution >= 4 is 22.0 Å². The number of isocyanates is 1. The molecule has 0 spiro atoms. The average Bonchev–Trinajstić information content (AvgIpc) is 2.20. The third-order valence-electron chi connectivity index (χ3n) is 1.67. The van der Waals surface area contributed by atoms with Gasteiger partial charge in [-0.2, -0.15) is 0 Å². The molecule has 1 aromatic rings. The van der Waals surface area contributed by atoms with E-state index in [9.17, 15) is 9.18 Å². The first kappa shape index (κ1) is 10.9. The van der Waals surface area contributed by atoms with Crippen molar-refractivity contribution < 1.29 is 13.9 Å². The van der Waals surface area contributed by atoms with E-state index in [4.69, 9.17) is 4.74 Å².